The average Bonchev–Trinajstić information content (AvgIpc) is 2.17. The topological polar surface area (TPSA) is 12.9 Å². The Hall–Kier alpha value is -1.84. The van der Waals surface area contributed by atoms with Crippen LogP contribution in [-0.2, 0) is 0 Å². The number of pyridine rings is 1. The first kappa shape index (κ1) is 9.71. The minimum Gasteiger partial charge on any atom is -0.250 e. The summed E-state index contributed by atoms with van der Waals surface area (Å²) >= 11 is 0. The molecule has 0 spiro atoms. The van der Waals surface area contributed by atoms with E-state index in [1.807, 2.05) is 0 Å². The van der Waals surface area contributed by atoms with E-state index in [0.29, 0.717) is 6.07 Å². The van der Waals surface area contributed by atoms with Crippen molar-refractivity contribution in [3.05, 3.63) is 54.0 Å². The number of halogens is 3. The van der Waals surface area contributed by atoms with Crippen LogP contribution in [0.1, 0.15) is 0 Å². The van der Waals surface area contributed by atoms with Crippen molar-refractivity contribution in [1.29, 1.82) is 0 Å². The Morgan fingerprint density at radius 1 is 0.933 bits per heavy atom. The van der Waals surface area contributed by atoms with Crippen LogP contribution < -0.4 is 0 Å². The van der Waals surface area contributed by atoms with Gasteiger partial charge >= 0.3 is 0 Å². The maximum atomic E-state index is 13.2. The van der Waals surface area contributed by atoms with Gasteiger partial charge in [-0.25, -0.2) is 13.2 Å². The summed E-state index contributed by atoms with van der Waals surface area (Å²) in [7, 11) is 0. The van der Waals surface area contributed by atoms with Crippen molar-refractivity contribution in [2.75, 3.05) is 0 Å². The number of rotatable bonds is 1. The van der Waals surface area contributed by atoms with Crippen molar-refractivity contribution < 1.29 is 13.2 Å². The molecular weight excluding hydrogens is 203 g/mol. The van der Waals surface area contributed by atoms with Gasteiger partial charge in [-0.2, -0.15) is 0 Å². The average molecular weight is 209 g/mol. The number of nitrogens with zero attached hydrogens (tertiary/aromatic N) is 1. The van der Waals surface area contributed by atoms with Crippen molar-refractivity contribution in [3.8, 4) is 11.3 Å². The van der Waals surface area contributed by atoms with Gasteiger partial charge in [-0.05, 0) is 12.1 Å². The summed E-state index contributed by atoms with van der Waals surface area (Å²) in [6, 6.07) is 6.04. The minimum absolute atomic E-state index is 0.0594. The van der Waals surface area contributed by atoms with E-state index >= 15 is 0 Å². The van der Waals surface area contributed by atoms with Gasteiger partial charge in [0.1, 0.15) is 17.3 Å². The van der Waals surface area contributed by atoms with Crippen LogP contribution in [0.15, 0.2) is 36.5 Å². The van der Waals surface area contributed by atoms with Crippen molar-refractivity contribution >= 4 is 0 Å². The van der Waals surface area contributed by atoms with E-state index in [1.54, 1.807) is 0 Å². The van der Waals surface area contributed by atoms with Gasteiger partial charge in [0.25, 0.3) is 0 Å². The molecule has 2 aromatic rings. The molecule has 1 heterocycles. The molecule has 4 heteroatoms. The van der Waals surface area contributed by atoms with Crippen LogP contribution in [0.4, 0.5) is 13.2 Å². The van der Waals surface area contributed by atoms with E-state index in [1.165, 1.54) is 18.2 Å². The quantitative estimate of drug-likeness (QED) is 0.702. The highest BCUT2D eigenvalue weighted by Gasteiger charge is 2.08. The highest BCUT2D eigenvalue weighted by atomic mass is 19.1. The smallest absolute Gasteiger partial charge is 0.152 e. The number of hydrogen-bond acceptors (Lipinski definition) is 1. The molecule has 0 aliphatic rings. The van der Waals surface area contributed by atoms with E-state index in [4.69, 9.17) is 0 Å². The third kappa shape index (κ3) is 1.98. The van der Waals surface area contributed by atoms with Crippen LogP contribution >= 0.6 is 0 Å². The summed E-state index contributed by atoms with van der Waals surface area (Å²) in [5.74, 6) is -2.05. The van der Waals surface area contributed by atoms with Gasteiger partial charge in [0, 0.05) is 11.6 Å². The highest BCUT2D eigenvalue weighted by Crippen LogP contribution is 2.21. The Bertz CT molecular complexity index is 497. The molecule has 0 N–H and O–H groups in total. The first-order valence-electron chi connectivity index (χ1n) is 4.24. The van der Waals surface area contributed by atoms with Crippen molar-refractivity contribution in [1.82, 2.24) is 4.98 Å². The molecule has 0 fully saturated rings. The lowest BCUT2D eigenvalue weighted by atomic mass is 10.1. The molecular formula is C11H6F3N. The zero-order valence-corrected chi connectivity index (χ0v) is 7.55. The molecule has 1 nitrogen and oxygen atoms in total. The molecule has 0 unspecified atom stereocenters. The number of benzene rings is 1. The number of aromatic nitrogens is 1. The van der Waals surface area contributed by atoms with Gasteiger partial charge in [-0.15, -0.1) is 0 Å². The summed E-state index contributed by atoms with van der Waals surface area (Å²) in [4.78, 5) is 3.57. The predicted octanol–water partition coefficient (Wildman–Crippen LogP) is 3.17. The number of hydrogen-bond donors (Lipinski definition) is 0. The van der Waals surface area contributed by atoms with Crippen LogP contribution in [-0.4, -0.2) is 4.98 Å². The van der Waals surface area contributed by atoms with Gasteiger partial charge in [-0.1, -0.05) is 12.1 Å². The fraction of sp³-hybridized carbons (Fsp3) is 0. The largest absolute Gasteiger partial charge is 0.250 e. The Labute approximate surface area is 84.2 Å². The first-order valence-corrected chi connectivity index (χ1v) is 4.24. The molecule has 1 aromatic heterocycles. The van der Waals surface area contributed by atoms with Crippen molar-refractivity contribution in [3.63, 3.8) is 0 Å². The monoisotopic (exact) mass is 209 g/mol. The molecule has 0 amide bonds. The second kappa shape index (κ2) is 3.73. The van der Waals surface area contributed by atoms with E-state index in [-0.39, 0.29) is 11.3 Å². The molecule has 0 atom stereocenters. The first-order chi connectivity index (χ1) is 7.16. The summed E-state index contributed by atoms with van der Waals surface area (Å²) in [5.41, 5.74) is 0.225. The maximum absolute atomic E-state index is 13.2. The lowest BCUT2D eigenvalue weighted by molar-refractivity contribution is 0.576. The molecule has 0 radical (unpaired) electrons. The van der Waals surface area contributed by atoms with E-state index in [0.717, 1.165) is 12.3 Å². The second-order valence-electron chi connectivity index (χ2n) is 2.99. The van der Waals surface area contributed by atoms with Gasteiger partial charge in [-0.3, -0.25) is 4.98 Å². The van der Waals surface area contributed by atoms with E-state index in [2.05, 4.69) is 4.98 Å². The molecule has 0 aliphatic heterocycles. The Kier molecular flexibility index (Phi) is 2.41. The van der Waals surface area contributed by atoms with Crippen LogP contribution in [0.25, 0.3) is 11.3 Å². The third-order valence-corrected chi connectivity index (χ3v) is 1.91. The van der Waals surface area contributed by atoms with Gasteiger partial charge in [0.15, 0.2) is 5.82 Å². The second-order valence-corrected chi connectivity index (χ2v) is 2.99. The lowest BCUT2D eigenvalue weighted by Gasteiger charge is -2.02. The normalized spacial score (nSPS) is 10.3. The maximum Gasteiger partial charge on any atom is 0.152 e. The third-order valence-electron chi connectivity index (χ3n) is 1.91. The minimum atomic E-state index is -0.805. The SMILES string of the molecule is Fc1cccc(-c2ncc(F)cc2F)c1. The standard InChI is InChI=1S/C11H6F3N/c12-8-3-1-2-7(4-8)11-10(14)5-9(13)6-15-11/h1-6H. The Morgan fingerprint density at radius 3 is 2.40 bits per heavy atom. The van der Waals surface area contributed by atoms with Crippen LogP contribution in [0.5, 0.6) is 0 Å². The van der Waals surface area contributed by atoms with E-state index < -0.39 is 17.5 Å². The van der Waals surface area contributed by atoms with Crippen molar-refractivity contribution in [2.24, 2.45) is 0 Å². The summed E-state index contributed by atoms with van der Waals surface area (Å²) < 4.78 is 38.6. The Balaban J connectivity index is 2.54. The lowest BCUT2D eigenvalue weighted by Crippen LogP contribution is -1.91. The zero-order valence-electron chi connectivity index (χ0n) is 7.55. The van der Waals surface area contributed by atoms with Gasteiger partial charge < -0.3 is 0 Å². The molecule has 0 bridgehead atoms. The molecule has 0 saturated heterocycles. The van der Waals surface area contributed by atoms with Crippen LogP contribution in [0.3, 0.4) is 0 Å². The summed E-state index contributed by atoms with van der Waals surface area (Å²) in [5, 5.41) is 0. The highest BCUT2D eigenvalue weighted by molar-refractivity contribution is 5.59. The molecule has 0 saturated carbocycles. The van der Waals surface area contributed by atoms with E-state index in [9.17, 15) is 13.2 Å². The fourth-order valence-electron chi connectivity index (χ4n) is 1.26. The van der Waals surface area contributed by atoms with Crippen LogP contribution in [0.2, 0.25) is 0 Å². The summed E-state index contributed by atoms with van der Waals surface area (Å²) in [6.07, 6.45) is 0.892. The molecule has 0 aliphatic carbocycles. The van der Waals surface area contributed by atoms with Crippen molar-refractivity contribution in [2.45, 2.75) is 0 Å². The zero-order chi connectivity index (χ0) is 10.8. The molecule has 2 rings (SSSR count). The predicted molar refractivity (Wildman–Crippen MR) is 49.5 cm³/mol. The molecule has 15 heavy (non-hydrogen) atoms. The van der Waals surface area contributed by atoms with Crippen LogP contribution in [0, 0.1) is 17.5 Å². The van der Waals surface area contributed by atoms with Gasteiger partial charge in [0.05, 0.1) is 6.20 Å². The Morgan fingerprint density at radius 2 is 1.73 bits per heavy atom. The summed E-state index contributed by atoms with van der Waals surface area (Å²) in [6.45, 7) is 0. The fourth-order valence-corrected chi connectivity index (χ4v) is 1.26. The molecule has 1 aromatic carbocycles. The molecule has 76 valence electrons. The van der Waals surface area contributed by atoms with Gasteiger partial charge in [0.2, 0.25) is 0 Å².